The molecule has 0 radical (unpaired) electrons. The summed E-state index contributed by atoms with van der Waals surface area (Å²) in [5.41, 5.74) is 5.11. The molecule has 1 aliphatic rings. The normalized spacial score (nSPS) is 15.7. The van der Waals surface area contributed by atoms with E-state index in [1.165, 1.54) is 4.90 Å². The van der Waals surface area contributed by atoms with Crippen molar-refractivity contribution in [2.45, 2.75) is 0 Å². The van der Waals surface area contributed by atoms with Crippen LogP contribution >= 0.6 is 0 Å². The summed E-state index contributed by atoms with van der Waals surface area (Å²) < 4.78 is 26.5. The van der Waals surface area contributed by atoms with Crippen molar-refractivity contribution in [3.8, 4) is 0 Å². The highest BCUT2D eigenvalue weighted by Gasteiger charge is 2.26. The second-order valence-corrected chi connectivity index (χ2v) is 5.00. The highest BCUT2D eigenvalue weighted by atomic mass is 19.1. The van der Waals surface area contributed by atoms with Gasteiger partial charge in [0.1, 0.15) is 11.6 Å². The number of nitrogens with one attached hydrogen (secondary N) is 1. The molecule has 0 bridgehead atoms. The Hall–Kier alpha value is -2.06. The Morgan fingerprint density at radius 1 is 1.18 bits per heavy atom. The molecule has 0 aromatic heterocycles. The maximum absolute atomic E-state index is 13.4. The van der Waals surface area contributed by atoms with Gasteiger partial charge in [-0.05, 0) is 12.1 Å². The first-order valence-corrected chi connectivity index (χ1v) is 6.99. The molecule has 1 saturated heterocycles. The molecule has 2 amide bonds. The van der Waals surface area contributed by atoms with E-state index >= 15 is 0 Å². The Morgan fingerprint density at radius 2 is 1.86 bits per heavy atom. The first-order valence-electron chi connectivity index (χ1n) is 6.99. The maximum Gasteiger partial charge on any atom is 0.313 e. The van der Waals surface area contributed by atoms with Crippen LogP contribution in [0.1, 0.15) is 0 Å². The molecular weight excluding hydrogens is 294 g/mol. The second kappa shape index (κ2) is 7.28. The zero-order valence-corrected chi connectivity index (χ0v) is 12.0. The molecule has 1 fully saturated rings. The number of amides is 2. The summed E-state index contributed by atoms with van der Waals surface area (Å²) in [6, 6.07) is 2.66. The molecule has 8 heteroatoms. The number of carbonyl (C=O) groups excluding carboxylic acids is 2. The molecule has 3 N–H and O–H groups in total. The number of benzene rings is 1. The molecule has 6 nitrogen and oxygen atoms in total. The van der Waals surface area contributed by atoms with Crippen molar-refractivity contribution in [1.29, 1.82) is 0 Å². The number of hydrogen-bond acceptors (Lipinski definition) is 4. The highest BCUT2D eigenvalue weighted by Crippen LogP contribution is 2.15. The quantitative estimate of drug-likeness (QED) is 0.771. The van der Waals surface area contributed by atoms with E-state index < -0.39 is 23.4 Å². The van der Waals surface area contributed by atoms with Crippen molar-refractivity contribution in [1.82, 2.24) is 9.80 Å². The van der Waals surface area contributed by atoms with Gasteiger partial charge in [0, 0.05) is 45.3 Å². The number of halogens is 2. The molecule has 0 aliphatic carbocycles. The van der Waals surface area contributed by atoms with Crippen molar-refractivity contribution in [2.75, 3.05) is 44.6 Å². The highest BCUT2D eigenvalue weighted by molar-refractivity contribution is 6.39. The van der Waals surface area contributed by atoms with Crippen molar-refractivity contribution in [3.63, 3.8) is 0 Å². The van der Waals surface area contributed by atoms with Gasteiger partial charge >= 0.3 is 11.8 Å². The van der Waals surface area contributed by atoms with Gasteiger partial charge in [0.25, 0.3) is 0 Å². The van der Waals surface area contributed by atoms with Crippen molar-refractivity contribution in [3.05, 3.63) is 29.8 Å². The minimum atomic E-state index is -0.975. The third kappa shape index (κ3) is 3.99. The van der Waals surface area contributed by atoms with Gasteiger partial charge in [0.05, 0.1) is 5.69 Å². The molecule has 1 aromatic carbocycles. The molecule has 22 heavy (non-hydrogen) atoms. The third-order valence-corrected chi connectivity index (χ3v) is 3.48. The minimum Gasteiger partial charge on any atom is -0.332 e. The Morgan fingerprint density at radius 3 is 2.50 bits per heavy atom. The van der Waals surface area contributed by atoms with E-state index in [4.69, 9.17) is 5.73 Å². The number of rotatable bonds is 3. The van der Waals surface area contributed by atoms with Crippen LogP contribution in [0.3, 0.4) is 0 Å². The van der Waals surface area contributed by atoms with Gasteiger partial charge in [-0.2, -0.15) is 0 Å². The Labute approximate surface area is 126 Å². The Kier molecular flexibility index (Phi) is 5.40. The number of carbonyl (C=O) groups is 2. The van der Waals surface area contributed by atoms with Gasteiger partial charge in [-0.25, -0.2) is 8.78 Å². The number of nitrogens with zero attached hydrogens (tertiary/aromatic N) is 2. The fraction of sp³-hybridized carbons (Fsp3) is 0.429. The summed E-state index contributed by atoms with van der Waals surface area (Å²) in [4.78, 5) is 27.4. The third-order valence-electron chi connectivity index (χ3n) is 3.48. The predicted octanol–water partition coefficient (Wildman–Crippen LogP) is 0.00620. The van der Waals surface area contributed by atoms with Crippen LogP contribution < -0.4 is 11.1 Å². The van der Waals surface area contributed by atoms with Gasteiger partial charge in [0.15, 0.2) is 0 Å². The van der Waals surface area contributed by atoms with Gasteiger partial charge in [-0.1, -0.05) is 0 Å². The van der Waals surface area contributed by atoms with Crippen LogP contribution in [0.2, 0.25) is 0 Å². The van der Waals surface area contributed by atoms with Gasteiger partial charge < -0.3 is 16.0 Å². The molecular formula is C14H18F2N4O2. The number of nitrogens with two attached hydrogens (primary N) is 1. The predicted molar refractivity (Wildman–Crippen MR) is 77.1 cm³/mol. The van der Waals surface area contributed by atoms with Gasteiger partial charge in [-0.3, -0.25) is 14.5 Å². The van der Waals surface area contributed by atoms with Crippen LogP contribution in [-0.4, -0.2) is 60.9 Å². The summed E-state index contributed by atoms with van der Waals surface area (Å²) in [6.07, 6.45) is 0. The first-order chi connectivity index (χ1) is 10.5. The molecule has 1 aromatic rings. The summed E-state index contributed by atoms with van der Waals surface area (Å²) in [5, 5.41) is 2.11. The van der Waals surface area contributed by atoms with Crippen molar-refractivity contribution >= 4 is 17.5 Å². The average Bonchev–Trinajstić information content (AvgIpc) is 2.51. The summed E-state index contributed by atoms with van der Waals surface area (Å²) in [5.74, 6) is -3.22. The van der Waals surface area contributed by atoms with Crippen molar-refractivity contribution < 1.29 is 18.4 Å². The van der Waals surface area contributed by atoms with Crippen LogP contribution in [0.5, 0.6) is 0 Å². The van der Waals surface area contributed by atoms with Crippen LogP contribution in [0.4, 0.5) is 14.5 Å². The molecule has 0 spiro atoms. The smallest absolute Gasteiger partial charge is 0.313 e. The van der Waals surface area contributed by atoms with Gasteiger partial charge in [0.2, 0.25) is 0 Å². The molecule has 1 aliphatic heterocycles. The second-order valence-electron chi connectivity index (χ2n) is 5.00. The molecule has 0 atom stereocenters. The molecule has 0 saturated carbocycles. The monoisotopic (exact) mass is 312 g/mol. The summed E-state index contributed by atoms with van der Waals surface area (Å²) in [6.45, 7) is 3.33. The molecule has 0 unspecified atom stereocenters. The molecule has 2 rings (SSSR count). The lowest BCUT2D eigenvalue weighted by Crippen LogP contribution is -2.52. The fourth-order valence-electron chi connectivity index (χ4n) is 2.27. The number of piperazine rings is 1. The van der Waals surface area contributed by atoms with Crippen LogP contribution in [0.15, 0.2) is 18.2 Å². The topological polar surface area (TPSA) is 78.7 Å². The lowest BCUT2D eigenvalue weighted by Gasteiger charge is -2.34. The number of anilines is 1. The summed E-state index contributed by atoms with van der Waals surface area (Å²) in [7, 11) is 0. The lowest BCUT2D eigenvalue weighted by atomic mass is 10.2. The zero-order valence-electron chi connectivity index (χ0n) is 12.0. The molecule has 1 heterocycles. The van der Waals surface area contributed by atoms with E-state index in [9.17, 15) is 18.4 Å². The zero-order chi connectivity index (χ0) is 16.1. The lowest BCUT2D eigenvalue weighted by molar-refractivity contribution is -0.144. The van der Waals surface area contributed by atoms with Gasteiger partial charge in [-0.15, -0.1) is 0 Å². The van der Waals surface area contributed by atoms with Crippen LogP contribution in [0.25, 0.3) is 0 Å². The fourth-order valence-corrected chi connectivity index (χ4v) is 2.27. The Balaban J connectivity index is 1.93. The standard InChI is InChI=1S/C14H18F2N4O2/c15-10-1-2-11(16)12(9-10)18-13(21)14(22)20-7-5-19(4-3-17)6-8-20/h1-2,9H,3-8,17H2,(H,18,21). The van der Waals surface area contributed by atoms with E-state index in [-0.39, 0.29) is 5.69 Å². The average molecular weight is 312 g/mol. The molecule has 120 valence electrons. The van der Waals surface area contributed by atoms with E-state index in [1.54, 1.807) is 0 Å². The SMILES string of the molecule is NCCN1CCN(C(=O)C(=O)Nc2cc(F)ccc2F)CC1. The minimum absolute atomic E-state index is 0.347. The summed E-state index contributed by atoms with van der Waals surface area (Å²) >= 11 is 0. The largest absolute Gasteiger partial charge is 0.332 e. The first kappa shape index (κ1) is 16.3. The van der Waals surface area contributed by atoms with Crippen molar-refractivity contribution in [2.24, 2.45) is 5.73 Å². The number of hydrogen-bond donors (Lipinski definition) is 2. The van der Waals surface area contributed by atoms with E-state index in [0.717, 1.165) is 24.7 Å². The van der Waals surface area contributed by atoms with E-state index in [1.807, 2.05) is 0 Å². The van der Waals surface area contributed by atoms with E-state index in [0.29, 0.717) is 32.7 Å². The van der Waals surface area contributed by atoms with E-state index in [2.05, 4.69) is 10.2 Å². The van der Waals surface area contributed by atoms with Crippen LogP contribution in [0, 0.1) is 11.6 Å². The van der Waals surface area contributed by atoms with Crippen LogP contribution in [-0.2, 0) is 9.59 Å². The Bertz CT molecular complexity index is 560. The maximum atomic E-state index is 13.4.